The molecule has 0 spiro atoms. The molecule has 0 aliphatic carbocycles. The lowest BCUT2D eigenvalue weighted by molar-refractivity contribution is 0.415. The minimum absolute atomic E-state index is 0.806. The molecule has 0 atom stereocenters. The second kappa shape index (κ2) is 5.48. The van der Waals surface area contributed by atoms with Crippen LogP contribution in [0, 0.1) is 0 Å². The Morgan fingerprint density at radius 1 is 1.00 bits per heavy atom. The van der Waals surface area contributed by atoms with Crippen molar-refractivity contribution in [2.45, 2.75) is 0 Å². The molecule has 0 fully saturated rings. The maximum Gasteiger partial charge on any atom is 0.121 e. The summed E-state index contributed by atoms with van der Waals surface area (Å²) >= 11 is 0. The van der Waals surface area contributed by atoms with Crippen molar-refractivity contribution in [3.63, 3.8) is 0 Å². The van der Waals surface area contributed by atoms with E-state index in [0.29, 0.717) is 0 Å². The molecule has 0 aliphatic rings. The van der Waals surface area contributed by atoms with Gasteiger partial charge in [0.15, 0.2) is 0 Å². The van der Waals surface area contributed by atoms with E-state index in [-0.39, 0.29) is 0 Å². The summed E-state index contributed by atoms with van der Waals surface area (Å²) in [6.07, 6.45) is 8.83. The number of aromatic nitrogens is 3. The molecule has 20 heavy (non-hydrogen) atoms. The van der Waals surface area contributed by atoms with E-state index in [1.165, 1.54) is 0 Å². The van der Waals surface area contributed by atoms with Crippen molar-refractivity contribution in [2.24, 2.45) is 0 Å². The Hall–Kier alpha value is -2.75. The lowest BCUT2D eigenvalue weighted by Crippen LogP contribution is -1.87. The first kappa shape index (κ1) is 12.3. The fourth-order valence-electron chi connectivity index (χ4n) is 1.90. The van der Waals surface area contributed by atoms with E-state index < -0.39 is 0 Å². The van der Waals surface area contributed by atoms with E-state index in [4.69, 9.17) is 4.74 Å². The second-order valence-electron chi connectivity index (χ2n) is 4.26. The van der Waals surface area contributed by atoms with Gasteiger partial charge in [-0.2, -0.15) is 0 Å². The lowest BCUT2D eigenvalue weighted by Gasteiger charge is -2.02. The summed E-state index contributed by atoms with van der Waals surface area (Å²) in [4.78, 5) is 12.8. The smallest absolute Gasteiger partial charge is 0.121 e. The molecule has 0 saturated carbocycles. The Labute approximate surface area is 116 Å². The van der Waals surface area contributed by atoms with Gasteiger partial charge < -0.3 is 4.74 Å². The van der Waals surface area contributed by atoms with Crippen molar-refractivity contribution in [1.82, 2.24) is 15.0 Å². The van der Waals surface area contributed by atoms with Crippen molar-refractivity contribution in [1.29, 1.82) is 0 Å². The van der Waals surface area contributed by atoms with Gasteiger partial charge in [-0.25, -0.2) is 4.98 Å². The van der Waals surface area contributed by atoms with Crippen LogP contribution in [0.4, 0.5) is 0 Å². The summed E-state index contributed by atoms with van der Waals surface area (Å²) in [7, 11) is 1.65. The summed E-state index contributed by atoms with van der Waals surface area (Å²) in [5.41, 5.74) is 2.59. The standard InChI is InChI=1S/C16H13N3O/c1-20-15-7-3-12-2-4-13(19-16(12)10-15)5-6-14-11-17-8-9-18-14/h2-11H,1H3/b6-5+. The van der Waals surface area contributed by atoms with E-state index in [1.807, 2.05) is 42.5 Å². The van der Waals surface area contributed by atoms with Gasteiger partial charge in [-0.3, -0.25) is 9.97 Å². The molecule has 0 N–H and O–H groups in total. The highest BCUT2D eigenvalue weighted by Gasteiger charge is 1.98. The van der Waals surface area contributed by atoms with Gasteiger partial charge in [0.2, 0.25) is 0 Å². The molecular weight excluding hydrogens is 250 g/mol. The molecule has 0 radical (unpaired) electrons. The van der Waals surface area contributed by atoms with Crippen LogP contribution < -0.4 is 4.74 Å². The molecule has 4 nitrogen and oxygen atoms in total. The largest absolute Gasteiger partial charge is 0.497 e. The minimum atomic E-state index is 0.806. The van der Waals surface area contributed by atoms with E-state index in [2.05, 4.69) is 15.0 Å². The van der Waals surface area contributed by atoms with E-state index >= 15 is 0 Å². The van der Waals surface area contributed by atoms with Crippen molar-refractivity contribution >= 4 is 23.1 Å². The van der Waals surface area contributed by atoms with Crippen LogP contribution >= 0.6 is 0 Å². The van der Waals surface area contributed by atoms with Gasteiger partial charge >= 0.3 is 0 Å². The molecule has 4 heteroatoms. The average molecular weight is 263 g/mol. The molecule has 1 aromatic carbocycles. The van der Waals surface area contributed by atoms with Crippen LogP contribution in [0.1, 0.15) is 11.4 Å². The third-order valence-electron chi connectivity index (χ3n) is 2.93. The van der Waals surface area contributed by atoms with Crippen LogP contribution in [-0.2, 0) is 0 Å². The number of pyridine rings is 1. The number of methoxy groups -OCH3 is 1. The van der Waals surface area contributed by atoms with Crippen molar-refractivity contribution < 1.29 is 4.74 Å². The summed E-state index contributed by atoms with van der Waals surface area (Å²) in [6.45, 7) is 0. The van der Waals surface area contributed by atoms with Gasteiger partial charge in [0.25, 0.3) is 0 Å². The number of hydrogen-bond donors (Lipinski definition) is 0. The number of nitrogens with zero attached hydrogens (tertiary/aromatic N) is 3. The Balaban J connectivity index is 1.94. The third-order valence-corrected chi connectivity index (χ3v) is 2.93. The Kier molecular flexibility index (Phi) is 3.37. The summed E-state index contributed by atoms with van der Waals surface area (Å²) in [5.74, 6) is 0.806. The zero-order valence-electron chi connectivity index (χ0n) is 11.0. The topological polar surface area (TPSA) is 47.9 Å². The fourth-order valence-corrected chi connectivity index (χ4v) is 1.90. The van der Waals surface area contributed by atoms with Gasteiger partial charge in [-0.1, -0.05) is 6.07 Å². The second-order valence-corrected chi connectivity index (χ2v) is 4.26. The third kappa shape index (κ3) is 2.64. The van der Waals surface area contributed by atoms with E-state index in [1.54, 1.807) is 25.7 Å². The number of hydrogen-bond acceptors (Lipinski definition) is 4. The van der Waals surface area contributed by atoms with Crippen molar-refractivity contribution in [3.05, 3.63) is 60.3 Å². The van der Waals surface area contributed by atoms with Crippen LogP contribution in [0.5, 0.6) is 5.75 Å². The molecule has 98 valence electrons. The van der Waals surface area contributed by atoms with Crippen LogP contribution in [-0.4, -0.2) is 22.1 Å². The number of fused-ring (bicyclic) bond motifs is 1. The zero-order valence-corrected chi connectivity index (χ0v) is 11.0. The Bertz CT molecular complexity index is 754. The number of rotatable bonds is 3. The highest BCUT2D eigenvalue weighted by Crippen LogP contribution is 2.19. The monoisotopic (exact) mass is 263 g/mol. The van der Waals surface area contributed by atoms with Gasteiger partial charge in [-0.15, -0.1) is 0 Å². The predicted octanol–water partition coefficient (Wildman–Crippen LogP) is 3.20. The Morgan fingerprint density at radius 3 is 2.65 bits per heavy atom. The van der Waals surface area contributed by atoms with Crippen LogP contribution in [0.25, 0.3) is 23.1 Å². The summed E-state index contributed by atoms with van der Waals surface area (Å²) in [5, 5.41) is 1.09. The van der Waals surface area contributed by atoms with E-state index in [9.17, 15) is 0 Å². The normalized spacial score (nSPS) is 11.1. The first-order chi connectivity index (χ1) is 9.85. The molecule has 2 heterocycles. The molecule has 3 aromatic rings. The molecular formula is C16H13N3O. The summed E-state index contributed by atoms with van der Waals surface area (Å²) in [6, 6.07) is 9.87. The lowest BCUT2D eigenvalue weighted by atomic mass is 10.2. The first-order valence-corrected chi connectivity index (χ1v) is 6.24. The molecule has 2 aromatic heterocycles. The van der Waals surface area contributed by atoms with Crippen molar-refractivity contribution in [2.75, 3.05) is 7.11 Å². The van der Waals surface area contributed by atoms with Crippen LogP contribution in [0.2, 0.25) is 0 Å². The minimum Gasteiger partial charge on any atom is -0.497 e. The molecule has 0 amide bonds. The van der Waals surface area contributed by atoms with E-state index in [0.717, 1.165) is 28.0 Å². The molecule has 0 saturated heterocycles. The summed E-state index contributed by atoms with van der Waals surface area (Å²) < 4.78 is 5.22. The van der Waals surface area contributed by atoms with Crippen LogP contribution in [0.3, 0.4) is 0 Å². The molecule has 0 aliphatic heterocycles. The maximum absolute atomic E-state index is 5.22. The predicted molar refractivity (Wildman–Crippen MR) is 79.3 cm³/mol. The highest BCUT2D eigenvalue weighted by atomic mass is 16.5. The SMILES string of the molecule is COc1ccc2ccc(/C=C/c3cnccn3)nc2c1. The van der Waals surface area contributed by atoms with Gasteiger partial charge in [0.05, 0.1) is 30.2 Å². The Morgan fingerprint density at radius 2 is 1.85 bits per heavy atom. The average Bonchev–Trinajstić information content (AvgIpc) is 2.53. The maximum atomic E-state index is 5.22. The van der Waals surface area contributed by atoms with Gasteiger partial charge in [0.1, 0.15) is 5.75 Å². The quantitative estimate of drug-likeness (QED) is 0.728. The van der Waals surface area contributed by atoms with Gasteiger partial charge in [0, 0.05) is 23.8 Å². The molecule has 0 bridgehead atoms. The first-order valence-electron chi connectivity index (χ1n) is 6.24. The number of benzene rings is 1. The zero-order chi connectivity index (χ0) is 13.8. The molecule has 0 unspecified atom stereocenters. The van der Waals surface area contributed by atoms with Gasteiger partial charge in [-0.05, 0) is 30.4 Å². The highest BCUT2D eigenvalue weighted by molar-refractivity contribution is 5.82. The fraction of sp³-hybridized carbons (Fsp3) is 0.0625. The number of ether oxygens (including phenoxy) is 1. The van der Waals surface area contributed by atoms with Crippen LogP contribution in [0.15, 0.2) is 48.9 Å². The van der Waals surface area contributed by atoms with Crippen molar-refractivity contribution in [3.8, 4) is 5.75 Å². The molecule has 3 rings (SSSR count).